The molecule has 2 aromatic rings. The van der Waals surface area contributed by atoms with E-state index in [-0.39, 0.29) is 6.54 Å². The molecule has 0 spiro atoms. The van der Waals surface area contributed by atoms with Gasteiger partial charge in [0.05, 0.1) is 17.7 Å². The fourth-order valence-electron chi connectivity index (χ4n) is 2.35. The van der Waals surface area contributed by atoms with Gasteiger partial charge in [-0.3, -0.25) is 9.10 Å². The van der Waals surface area contributed by atoms with Crippen LogP contribution in [0, 0.1) is 13.8 Å². The Labute approximate surface area is 164 Å². The molecule has 0 radical (unpaired) electrons. The summed E-state index contributed by atoms with van der Waals surface area (Å²) in [5.41, 5.74) is 6.21. The molecule has 0 aliphatic rings. The van der Waals surface area contributed by atoms with Crippen molar-refractivity contribution in [1.29, 1.82) is 0 Å². The average molecular weight is 408 g/mol. The number of hydrazone groups is 1. The lowest BCUT2D eigenvalue weighted by atomic mass is 10.1. The minimum atomic E-state index is -3.63. The number of carbonyl (C=O) groups is 1. The average Bonchev–Trinajstić information content (AvgIpc) is 2.59. The third-order valence-electron chi connectivity index (χ3n) is 4.08. The monoisotopic (exact) mass is 407 g/mol. The Morgan fingerprint density at radius 2 is 1.74 bits per heavy atom. The van der Waals surface area contributed by atoms with Crippen LogP contribution >= 0.6 is 11.6 Å². The molecule has 0 aromatic heterocycles. The first-order chi connectivity index (χ1) is 12.6. The Hall–Kier alpha value is -2.38. The number of sulfonamides is 1. The number of aryl methyl sites for hydroxylation is 2. The van der Waals surface area contributed by atoms with Gasteiger partial charge in [-0.25, -0.2) is 13.8 Å². The van der Waals surface area contributed by atoms with Crippen LogP contribution in [-0.4, -0.2) is 32.8 Å². The Kier molecular flexibility index (Phi) is 6.62. The van der Waals surface area contributed by atoms with Crippen molar-refractivity contribution in [2.24, 2.45) is 5.10 Å². The van der Waals surface area contributed by atoms with Crippen molar-refractivity contribution in [2.45, 2.75) is 20.8 Å². The predicted molar refractivity (Wildman–Crippen MR) is 110 cm³/mol. The largest absolute Gasteiger partial charge is 0.271 e. The topological polar surface area (TPSA) is 78.8 Å². The molecular formula is C19H22ClN3O3S. The highest BCUT2D eigenvalue weighted by molar-refractivity contribution is 7.92. The molecule has 144 valence electrons. The van der Waals surface area contributed by atoms with E-state index in [0.29, 0.717) is 16.4 Å². The van der Waals surface area contributed by atoms with E-state index in [0.717, 1.165) is 27.3 Å². The number of hydrogen-bond donors (Lipinski definition) is 1. The summed E-state index contributed by atoms with van der Waals surface area (Å²) in [7, 11) is -3.63. The molecule has 0 aliphatic heterocycles. The molecular weight excluding hydrogens is 386 g/mol. The molecule has 0 fully saturated rings. The first-order valence-corrected chi connectivity index (χ1v) is 10.4. The summed E-state index contributed by atoms with van der Waals surface area (Å²) in [6, 6.07) is 12.3. The van der Waals surface area contributed by atoms with Gasteiger partial charge in [0.1, 0.15) is 6.54 Å². The molecule has 27 heavy (non-hydrogen) atoms. The van der Waals surface area contributed by atoms with Gasteiger partial charge in [0.2, 0.25) is 10.0 Å². The summed E-state index contributed by atoms with van der Waals surface area (Å²) >= 11 is 5.85. The number of amides is 1. The van der Waals surface area contributed by atoms with Crippen LogP contribution in [0.5, 0.6) is 0 Å². The van der Waals surface area contributed by atoms with Crippen LogP contribution in [0.25, 0.3) is 0 Å². The van der Waals surface area contributed by atoms with Crippen molar-refractivity contribution in [3.63, 3.8) is 0 Å². The van der Waals surface area contributed by atoms with E-state index in [1.807, 2.05) is 19.9 Å². The first-order valence-electron chi connectivity index (χ1n) is 8.22. The molecule has 8 heteroatoms. The lowest BCUT2D eigenvalue weighted by molar-refractivity contribution is -0.119. The van der Waals surface area contributed by atoms with Crippen molar-refractivity contribution in [1.82, 2.24) is 5.43 Å². The fraction of sp³-hybridized carbons (Fsp3) is 0.263. The highest BCUT2D eigenvalue weighted by atomic mass is 35.5. The Morgan fingerprint density at radius 3 is 2.30 bits per heavy atom. The number of hydrogen-bond acceptors (Lipinski definition) is 4. The maximum absolute atomic E-state index is 12.3. The molecule has 0 saturated heterocycles. The third kappa shape index (κ3) is 5.80. The molecule has 0 unspecified atom stereocenters. The van der Waals surface area contributed by atoms with Crippen molar-refractivity contribution < 1.29 is 13.2 Å². The number of nitrogens with one attached hydrogen (secondary N) is 1. The van der Waals surface area contributed by atoms with Gasteiger partial charge in [0.25, 0.3) is 5.91 Å². The van der Waals surface area contributed by atoms with Gasteiger partial charge in [-0.05, 0) is 61.7 Å². The quantitative estimate of drug-likeness (QED) is 0.589. The minimum absolute atomic E-state index is 0.362. The molecule has 2 aromatic carbocycles. The van der Waals surface area contributed by atoms with Gasteiger partial charge < -0.3 is 0 Å². The van der Waals surface area contributed by atoms with E-state index in [1.54, 1.807) is 43.3 Å². The minimum Gasteiger partial charge on any atom is -0.271 e. The Morgan fingerprint density at radius 1 is 1.11 bits per heavy atom. The zero-order valence-corrected chi connectivity index (χ0v) is 17.2. The zero-order valence-electron chi connectivity index (χ0n) is 15.7. The van der Waals surface area contributed by atoms with Crippen LogP contribution in [0.15, 0.2) is 47.6 Å². The van der Waals surface area contributed by atoms with Gasteiger partial charge in [-0.2, -0.15) is 5.10 Å². The van der Waals surface area contributed by atoms with Gasteiger partial charge in [0, 0.05) is 5.02 Å². The Balaban J connectivity index is 2.15. The summed E-state index contributed by atoms with van der Waals surface area (Å²) in [4.78, 5) is 12.3. The van der Waals surface area contributed by atoms with Crippen molar-refractivity contribution in [3.8, 4) is 0 Å². The summed E-state index contributed by atoms with van der Waals surface area (Å²) in [6.45, 7) is 5.20. The third-order valence-corrected chi connectivity index (χ3v) is 5.47. The number of nitrogens with zero attached hydrogens (tertiary/aromatic N) is 2. The summed E-state index contributed by atoms with van der Waals surface area (Å²) in [5, 5.41) is 4.64. The standard InChI is InChI=1S/C19H22ClN3O3S/c1-13-5-10-18(11-14(13)2)23(27(4,25)26)12-19(24)22-21-15(3)16-6-8-17(20)9-7-16/h5-11H,12H2,1-4H3,(H,22,24)/b21-15-. The summed E-state index contributed by atoms with van der Waals surface area (Å²) in [5.74, 6) is -0.535. The van der Waals surface area contributed by atoms with Crippen molar-refractivity contribution in [2.75, 3.05) is 17.1 Å². The SMILES string of the molecule is C/C(=N/NC(=O)CN(c1ccc(C)c(C)c1)S(C)(=O)=O)c1ccc(Cl)cc1. The second-order valence-electron chi connectivity index (χ2n) is 6.28. The molecule has 0 bridgehead atoms. The number of rotatable bonds is 6. The van der Waals surface area contributed by atoms with Gasteiger partial charge in [-0.1, -0.05) is 29.8 Å². The van der Waals surface area contributed by atoms with Crippen LogP contribution in [0.2, 0.25) is 5.02 Å². The molecule has 0 aliphatic carbocycles. The van der Waals surface area contributed by atoms with E-state index in [2.05, 4.69) is 10.5 Å². The van der Waals surface area contributed by atoms with Crippen molar-refractivity contribution in [3.05, 3.63) is 64.2 Å². The van der Waals surface area contributed by atoms with Crippen LogP contribution in [0.4, 0.5) is 5.69 Å². The summed E-state index contributed by atoms with van der Waals surface area (Å²) in [6.07, 6.45) is 1.07. The molecule has 6 nitrogen and oxygen atoms in total. The normalized spacial score (nSPS) is 12.0. The van der Waals surface area contributed by atoms with Gasteiger partial charge in [-0.15, -0.1) is 0 Å². The maximum Gasteiger partial charge on any atom is 0.260 e. The molecule has 0 heterocycles. The number of anilines is 1. The Bertz CT molecular complexity index is 970. The predicted octanol–water partition coefficient (Wildman–Crippen LogP) is 3.26. The highest BCUT2D eigenvalue weighted by Gasteiger charge is 2.21. The van der Waals surface area contributed by atoms with Crippen molar-refractivity contribution >= 4 is 38.9 Å². The van der Waals surface area contributed by atoms with Gasteiger partial charge >= 0.3 is 0 Å². The maximum atomic E-state index is 12.3. The van der Waals surface area contributed by atoms with E-state index in [9.17, 15) is 13.2 Å². The lowest BCUT2D eigenvalue weighted by Gasteiger charge is -2.22. The second-order valence-corrected chi connectivity index (χ2v) is 8.62. The second kappa shape index (κ2) is 8.54. The van der Waals surface area contributed by atoms with E-state index in [1.165, 1.54) is 0 Å². The van der Waals surface area contributed by atoms with Crippen LogP contribution in [0.3, 0.4) is 0 Å². The van der Waals surface area contributed by atoms with Crippen LogP contribution in [0.1, 0.15) is 23.6 Å². The smallest absolute Gasteiger partial charge is 0.260 e. The molecule has 1 N–H and O–H groups in total. The molecule has 2 rings (SSSR count). The van der Waals surface area contributed by atoms with E-state index < -0.39 is 15.9 Å². The molecule has 1 amide bonds. The number of halogens is 1. The summed E-state index contributed by atoms with van der Waals surface area (Å²) < 4.78 is 25.4. The molecule has 0 saturated carbocycles. The zero-order chi connectivity index (χ0) is 20.2. The molecule has 0 atom stereocenters. The fourth-order valence-corrected chi connectivity index (χ4v) is 3.32. The van der Waals surface area contributed by atoms with E-state index >= 15 is 0 Å². The lowest BCUT2D eigenvalue weighted by Crippen LogP contribution is -2.39. The van der Waals surface area contributed by atoms with Crippen LogP contribution < -0.4 is 9.73 Å². The van der Waals surface area contributed by atoms with Crippen LogP contribution in [-0.2, 0) is 14.8 Å². The number of carbonyl (C=O) groups excluding carboxylic acids is 1. The van der Waals surface area contributed by atoms with Gasteiger partial charge in [0.15, 0.2) is 0 Å². The first kappa shape index (κ1) is 20.9. The number of benzene rings is 2. The highest BCUT2D eigenvalue weighted by Crippen LogP contribution is 2.21. The van der Waals surface area contributed by atoms with E-state index in [4.69, 9.17) is 11.6 Å².